The van der Waals surface area contributed by atoms with Crippen molar-refractivity contribution in [1.29, 1.82) is 0 Å². The molecule has 0 aromatic heterocycles. The minimum atomic E-state index is 0.154. The van der Waals surface area contributed by atoms with E-state index in [0.717, 1.165) is 24.3 Å². The van der Waals surface area contributed by atoms with E-state index in [9.17, 15) is 0 Å². The number of hydrogen-bond acceptors (Lipinski definition) is 2. The second-order valence-corrected chi connectivity index (χ2v) is 4.06. The zero-order valence-corrected chi connectivity index (χ0v) is 11.3. The van der Waals surface area contributed by atoms with Gasteiger partial charge < -0.3 is 10.1 Å². The third-order valence-electron chi connectivity index (χ3n) is 2.50. The van der Waals surface area contributed by atoms with Gasteiger partial charge in [0.05, 0.1) is 7.11 Å². The van der Waals surface area contributed by atoms with Crippen LogP contribution in [0.4, 0.5) is 0 Å². The number of methoxy groups -OCH3 is 1. The molecule has 1 aromatic rings. The van der Waals surface area contributed by atoms with Crippen LogP contribution in [0.2, 0.25) is 5.02 Å². The molecule has 0 saturated heterocycles. The summed E-state index contributed by atoms with van der Waals surface area (Å²) in [5.41, 5.74) is 1.06. The molecule has 1 atom stereocenters. The Kier molecular flexibility index (Phi) is 5.90. The molecule has 0 bridgehead atoms. The molecule has 17 heavy (non-hydrogen) atoms. The number of halogens is 1. The Morgan fingerprint density at radius 3 is 2.82 bits per heavy atom. The van der Waals surface area contributed by atoms with Crippen LogP contribution >= 0.6 is 11.6 Å². The van der Waals surface area contributed by atoms with E-state index in [1.54, 1.807) is 7.11 Å². The standard InChI is InChI=1S/C14H18ClNO/c1-4-6-7-13(16-5-2)12-10-11(15)8-9-14(12)17-3/h8-10,13,16H,5,7H2,1-3H3. The van der Waals surface area contributed by atoms with E-state index in [4.69, 9.17) is 16.3 Å². The average Bonchev–Trinajstić information content (AvgIpc) is 2.34. The molecular weight excluding hydrogens is 234 g/mol. The second kappa shape index (κ2) is 7.21. The second-order valence-electron chi connectivity index (χ2n) is 3.63. The van der Waals surface area contributed by atoms with Gasteiger partial charge in [-0.1, -0.05) is 18.5 Å². The van der Waals surface area contributed by atoms with Gasteiger partial charge in [0.2, 0.25) is 0 Å². The predicted octanol–water partition coefficient (Wildman–Crippen LogP) is 3.41. The minimum absolute atomic E-state index is 0.154. The maximum atomic E-state index is 6.03. The van der Waals surface area contributed by atoms with E-state index in [0.29, 0.717) is 5.02 Å². The molecule has 0 heterocycles. The highest BCUT2D eigenvalue weighted by Gasteiger charge is 2.14. The van der Waals surface area contributed by atoms with Crippen molar-refractivity contribution in [3.05, 3.63) is 28.8 Å². The molecule has 0 aliphatic carbocycles. The Morgan fingerprint density at radius 2 is 2.24 bits per heavy atom. The fourth-order valence-electron chi connectivity index (χ4n) is 1.72. The molecule has 1 rings (SSSR count). The lowest BCUT2D eigenvalue weighted by Gasteiger charge is -2.19. The monoisotopic (exact) mass is 251 g/mol. The third kappa shape index (κ3) is 3.96. The lowest BCUT2D eigenvalue weighted by atomic mass is 10.0. The summed E-state index contributed by atoms with van der Waals surface area (Å²) in [7, 11) is 1.67. The molecule has 1 aromatic carbocycles. The van der Waals surface area contributed by atoms with Crippen molar-refractivity contribution in [1.82, 2.24) is 5.32 Å². The van der Waals surface area contributed by atoms with E-state index in [-0.39, 0.29) is 6.04 Å². The molecule has 0 radical (unpaired) electrons. The highest BCUT2D eigenvalue weighted by atomic mass is 35.5. The van der Waals surface area contributed by atoms with Crippen molar-refractivity contribution in [3.8, 4) is 17.6 Å². The van der Waals surface area contributed by atoms with Crippen molar-refractivity contribution >= 4 is 11.6 Å². The van der Waals surface area contributed by atoms with Gasteiger partial charge in [0, 0.05) is 23.0 Å². The average molecular weight is 252 g/mol. The van der Waals surface area contributed by atoms with Gasteiger partial charge in [-0.15, -0.1) is 11.8 Å². The van der Waals surface area contributed by atoms with E-state index >= 15 is 0 Å². The maximum Gasteiger partial charge on any atom is 0.123 e. The van der Waals surface area contributed by atoms with Crippen molar-refractivity contribution in [2.45, 2.75) is 26.3 Å². The molecule has 0 aliphatic heterocycles. The Morgan fingerprint density at radius 1 is 1.47 bits per heavy atom. The van der Waals surface area contributed by atoms with E-state index < -0.39 is 0 Å². The van der Waals surface area contributed by atoms with E-state index in [1.807, 2.05) is 25.1 Å². The summed E-state index contributed by atoms with van der Waals surface area (Å²) < 4.78 is 5.36. The van der Waals surface area contributed by atoms with Gasteiger partial charge >= 0.3 is 0 Å². The van der Waals surface area contributed by atoms with Crippen molar-refractivity contribution in [2.24, 2.45) is 0 Å². The fraction of sp³-hybridized carbons (Fsp3) is 0.429. The van der Waals surface area contributed by atoms with Crippen LogP contribution in [0.1, 0.15) is 31.9 Å². The van der Waals surface area contributed by atoms with Crippen molar-refractivity contribution in [3.63, 3.8) is 0 Å². The normalized spacial score (nSPS) is 11.5. The van der Waals surface area contributed by atoms with Crippen LogP contribution in [0.25, 0.3) is 0 Å². The molecule has 2 nitrogen and oxygen atoms in total. The minimum Gasteiger partial charge on any atom is -0.496 e. The number of rotatable bonds is 5. The topological polar surface area (TPSA) is 21.3 Å². The molecule has 0 aliphatic rings. The number of benzene rings is 1. The van der Waals surface area contributed by atoms with Crippen LogP contribution in [-0.4, -0.2) is 13.7 Å². The molecule has 3 heteroatoms. The SMILES string of the molecule is CC#CCC(NCC)c1cc(Cl)ccc1OC. The molecule has 0 spiro atoms. The van der Waals surface area contributed by atoms with Crippen LogP contribution in [0.15, 0.2) is 18.2 Å². The predicted molar refractivity (Wildman–Crippen MR) is 72.5 cm³/mol. The van der Waals surface area contributed by atoms with Gasteiger partial charge in [-0.2, -0.15) is 0 Å². The molecule has 0 saturated carbocycles. The lowest BCUT2D eigenvalue weighted by Crippen LogP contribution is -2.21. The van der Waals surface area contributed by atoms with Gasteiger partial charge in [0.25, 0.3) is 0 Å². The Labute approximate surface area is 108 Å². The van der Waals surface area contributed by atoms with Gasteiger partial charge in [-0.25, -0.2) is 0 Å². The van der Waals surface area contributed by atoms with Crippen LogP contribution < -0.4 is 10.1 Å². The molecule has 92 valence electrons. The van der Waals surface area contributed by atoms with Crippen LogP contribution in [0.5, 0.6) is 5.75 Å². The Hall–Kier alpha value is -1.17. The number of hydrogen-bond donors (Lipinski definition) is 1. The van der Waals surface area contributed by atoms with E-state index in [1.165, 1.54) is 0 Å². The summed E-state index contributed by atoms with van der Waals surface area (Å²) in [6.45, 7) is 4.80. The highest BCUT2D eigenvalue weighted by molar-refractivity contribution is 6.30. The highest BCUT2D eigenvalue weighted by Crippen LogP contribution is 2.29. The first-order valence-corrected chi connectivity index (χ1v) is 6.07. The number of ether oxygens (including phenoxy) is 1. The zero-order valence-electron chi connectivity index (χ0n) is 10.5. The molecular formula is C14H18ClNO. The van der Waals surface area contributed by atoms with Crippen molar-refractivity contribution in [2.75, 3.05) is 13.7 Å². The van der Waals surface area contributed by atoms with Crippen LogP contribution in [0, 0.1) is 11.8 Å². The first-order valence-electron chi connectivity index (χ1n) is 5.69. The van der Waals surface area contributed by atoms with E-state index in [2.05, 4.69) is 24.1 Å². The molecule has 0 amide bonds. The van der Waals surface area contributed by atoms with Crippen molar-refractivity contribution < 1.29 is 4.74 Å². The fourth-order valence-corrected chi connectivity index (χ4v) is 1.90. The lowest BCUT2D eigenvalue weighted by molar-refractivity contribution is 0.400. The maximum absolute atomic E-state index is 6.03. The Balaban J connectivity index is 3.04. The van der Waals surface area contributed by atoms with Gasteiger partial charge in [0.15, 0.2) is 0 Å². The first kappa shape index (κ1) is 13.9. The summed E-state index contributed by atoms with van der Waals surface area (Å²) in [4.78, 5) is 0. The summed E-state index contributed by atoms with van der Waals surface area (Å²) in [6.07, 6.45) is 0.751. The summed E-state index contributed by atoms with van der Waals surface area (Å²) in [5.74, 6) is 6.85. The van der Waals surface area contributed by atoms with Gasteiger partial charge in [-0.3, -0.25) is 0 Å². The summed E-state index contributed by atoms with van der Waals surface area (Å²) in [5, 5.41) is 4.11. The zero-order chi connectivity index (χ0) is 12.7. The van der Waals surface area contributed by atoms with Gasteiger partial charge in [-0.05, 0) is 31.7 Å². The molecule has 1 N–H and O–H groups in total. The molecule has 0 fully saturated rings. The quantitative estimate of drug-likeness (QED) is 0.810. The molecule has 1 unspecified atom stereocenters. The third-order valence-corrected chi connectivity index (χ3v) is 2.74. The Bertz CT molecular complexity index is 420. The first-order chi connectivity index (χ1) is 8.22. The summed E-state index contributed by atoms with van der Waals surface area (Å²) in [6, 6.07) is 5.81. The smallest absolute Gasteiger partial charge is 0.123 e. The summed E-state index contributed by atoms with van der Waals surface area (Å²) >= 11 is 6.03. The largest absolute Gasteiger partial charge is 0.496 e. The van der Waals surface area contributed by atoms with Crippen LogP contribution in [-0.2, 0) is 0 Å². The van der Waals surface area contributed by atoms with Gasteiger partial charge in [0.1, 0.15) is 5.75 Å². The number of nitrogens with one attached hydrogen (secondary N) is 1. The van der Waals surface area contributed by atoms with Crippen LogP contribution in [0.3, 0.4) is 0 Å².